The highest BCUT2D eigenvalue weighted by Gasteiger charge is 2.41. The maximum Gasteiger partial charge on any atom is 0.303 e. The van der Waals surface area contributed by atoms with Crippen LogP contribution in [0.5, 0.6) is 0 Å². The lowest BCUT2D eigenvalue weighted by atomic mass is 9.69. The highest BCUT2D eigenvalue weighted by molar-refractivity contribution is 5.67. The van der Waals surface area contributed by atoms with Gasteiger partial charge in [-0.15, -0.1) is 0 Å². The van der Waals surface area contributed by atoms with Crippen LogP contribution in [0.25, 0.3) is 0 Å². The first-order valence-electron chi connectivity index (χ1n) is 6.25. The zero-order chi connectivity index (χ0) is 12.2. The van der Waals surface area contributed by atoms with Gasteiger partial charge in [-0.25, -0.2) is 0 Å². The minimum Gasteiger partial charge on any atom is -0.481 e. The van der Waals surface area contributed by atoms with Crippen LogP contribution in [0.2, 0.25) is 0 Å². The Morgan fingerprint density at radius 1 is 1.44 bits per heavy atom. The molecule has 16 heavy (non-hydrogen) atoms. The molecule has 0 saturated carbocycles. The van der Waals surface area contributed by atoms with E-state index in [0.717, 1.165) is 32.1 Å². The molecule has 0 aromatic carbocycles. The minimum atomic E-state index is -0.672. The molecule has 0 amide bonds. The molecule has 1 saturated heterocycles. The summed E-state index contributed by atoms with van der Waals surface area (Å²) in [5.74, 6) is -0.672. The number of rotatable bonds is 5. The fourth-order valence-electron chi connectivity index (χ4n) is 2.91. The van der Waals surface area contributed by atoms with E-state index in [1.807, 2.05) is 0 Å². The molecule has 0 unspecified atom stereocenters. The number of unbranched alkanes of at least 4 members (excludes halogenated alkanes) is 1. The smallest absolute Gasteiger partial charge is 0.303 e. The second kappa shape index (κ2) is 5.17. The first-order chi connectivity index (χ1) is 7.39. The van der Waals surface area contributed by atoms with Crippen molar-refractivity contribution in [2.75, 3.05) is 6.61 Å². The molecular formula is C13H24O3. The predicted molar refractivity (Wildman–Crippen MR) is 63.5 cm³/mol. The van der Waals surface area contributed by atoms with E-state index in [-0.39, 0.29) is 11.0 Å². The number of carboxylic acids is 1. The van der Waals surface area contributed by atoms with Crippen LogP contribution in [0, 0.1) is 5.41 Å². The van der Waals surface area contributed by atoms with Crippen LogP contribution >= 0.6 is 0 Å². The summed E-state index contributed by atoms with van der Waals surface area (Å²) in [6.45, 7) is 6.98. The van der Waals surface area contributed by atoms with Gasteiger partial charge in [-0.05, 0) is 38.5 Å². The van der Waals surface area contributed by atoms with E-state index >= 15 is 0 Å². The van der Waals surface area contributed by atoms with Crippen LogP contribution in [-0.4, -0.2) is 23.3 Å². The molecule has 0 aromatic heterocycles. The molecule has 3 nitrogen and oxygen atoms in total. The molecule has 0 aromatic rings. The first kappa shape index (κ1) is 13.5. The van der Waals surface area contributed by atoms with E-state index in [1.165, 1.54) is 0 Å². The van der Waals surface area contributed by atoms with Crippen molar-refractivity contribution in [3.05, 3.63) is 0 Å². The summed E-state index contributed by atoms with van der Waals surface area (Å²) in [6.07, 6.45) is 5.31. The topological polar surface area (TPSA) is 46.5 Å². The molecule has 1 rings (SSSR count). The Morgan fingerprint density at radius 3 is 2.62 bits per heavy atom. The van der Waals surface area contributed by atoms with Crippen molar-refractivity contribution < 1.29 is 14.6 Å². The van der Waals surface area contributed by atoms with Gasteiger partial charge >= 0.3 is 5.97 Å². The summed E-state index contributed by atoms with van der Waals surface area (Å²) < 4.78 is 5.69. The van der Waals surface area contributed by atoms with Gasteiger partial charge in [-0.1, -0.05) is 19.8 Å². The van der Waals surface area contributed by atoms with Gasteiger partial charge in [0.2, 0.25) is 0 Å². The van der Waals surface area contributed by atoms with Gasteiger partial charge in [0.05, 0.1) is 12.0 Å². The van der Waals surface area contributed by atoms with Crippen molar-refractivity contribution >= 4 is 5.97 Å². The van der Waals surface area contributed by atoms with Gasteiger partial charge in [0, 0.05) is 6.61 Å². The molecule has 1 aliphatic rings. The lowest BCUT2D eigenvalue weighted by Gasteiger charge is -2.44. The highest BCUT2D eigenvalue weighted by Crippen LogP contribution is 2.45. The molecule has 1 heterocycles. The molecule has 1 N–H and O–H groups in total. The van der Waals surface area contributed by atoms with E-state index in [4.69, 9.17) is 9.84 Å². The van der Waals surface area contributed by atoms with Gasteiger partial charge in [-0.2, -0.15) is 0 Å². The average Bonchev–Trinajstić information content (AvgIpc) is 2.12. The van der Waals surface area contributed by atoms with Gasteiger partial charge in [-0.3, -0.25) is 4.79 Å². The second-order valence-electron chi connectivity index (χ2n) is 5.71. The molecule has 0 aliphatic carbocycles. The number of ether oxygens (including phenoxy) is 1. The van der Waals surface area contributed by atoms with Crippen molar-refractivity contribution in [2.24, 2.45) is 5.41 Å². The third kappa shape index (κ3) is 3.78. The third-order valence-corrected chi connectivity index (χ3v) is 3.51. The summed E-state index contributed by atoms with van der Waals surface area (Å²) >= 11 is 0. The zero-order valence-electron chi connectivity index (χ0n) is 10.7. The minimum absolute atomic E-state index is 0.0381. The number of carboxylic acid groups (broad SMARTS) is 1. The molecule has 1 atom stereocenters. The maximum absolute atomic E-state index is 11.0. The summed E-state index contributed by atoms with van der Waals surface area (Å²) in [6, 6.07) is 0. The molecule has 0 radical (unpaired) electrons. The van der Waals surface area contributed by atoms with Gasteiger partial charge < -0.3 is 9.84 Å². The van der Waals surface area contributed by atoms with Gasteiger partial charge in [0.25, 0.3) is 0 Å². The Morgan fingerprint density at radius 2 is 2.12 bits per heavy atom. The van der Waals surface area contributed by atoms with Crippen LogP contribution < -0.4 is 0 Å². The molecule has 94 valence electrons. The van der Waals surface area contributed by atoms with Crippen LogP contribution in [0.15, 0.2) is 0 Å². The molecule has 3 heteroatoms. The SMILES string of the molecule is CCCC[C@@]1(CC(=O)O)CCOC(C)(C)C1. The molecule has 1 fully saturated rings. The quantitative estimate of drug-likeness (QED) is 0.785. The molecular weight excluding hydrogens is 204 g/mol. The predicted octanol–water partition coefficient (Wildman–Crippen LogP) is 3.23. The lowest BCUT2D eigenvalue weighted by Crippen LogP contribution is -2.42. The first-order valence-corrected chi connectivity index (χ1v) is 6.25. The van der Waals surface area contributed by atoms with Crippen LogP contribution in [0.4, 0.5) is 0 Å². The Kier molecular flexibility index (Phi) is 4.36. The summed E-state index contributed by atoms with van der Waals surface area (Å²) in [5, 5.41) is 9.06. The van der Waals surface area contributed by atoms with E-state index < -0.39 is 5.97 Å². The van der Waals surface area contributed by atoms with Crippen molar-refractivity contribution in [1.82, 2.24) is 0 Å². The number of hydrogen-bond donors (Lipinski definition) is 1. The Bertz CT molecular complexity index is 248. The largest absolute Gasteiger partial charge is 0.481 e. The lowest BCUT2D eigenvalue weighted by molar-refractivity contribution is -0.148. The number of aliphatic carboxylic acids is 1. The molecule has 1 aliphatic heterocycles. The third-order valence-electron chi connectivity index (χ3n) is 3.51. The van der Waals surface area contributed by atoms with Crippen molar-refractivity contribution in [3.63, 3.8) is 0 Å². The van der Waals surface area contributed by atoms with Gasteiger partial charge in [0.1, 0.15) is 0 Å². The van der Waals surface area contributed by atoms with E-state index in [2.05, 4.69) is 20.8 Å². The number of carbonyl (C=O) groups is 1. The van der Waals surface area contributed by atoms with Crippen LogP contribution in [0.3, 0.4) is 0 Å². The normalized spacial score (nSPS) is 28.9. The van der Waals surface area contributed by atoms with Crippen molar-refractivity contribution in [2.45, 2.75) is 64.9 Å². The summed E-state index contributed by atoms with van der Waals surface area (Å²) in [5.41, 5.74) is -0.203. The highest BCUT2D eigenvalue weighted by atomic mass is 16.5. The zero-order valence-corrected chi connectivity index (χ0v) is 10.7. The standard InChI is InChI=1S/C13H24O3/c1-4-5-6-13(9-11(14)15)7-8-16-12(2,3)10-13/h4-10H2,1-3H3,(H,14,15)/t13-/m0/s1. The average molecular weight is 228 g/mol. The Labute approximate surface area is 98.2 Å². The van der Waals surface area contributed by atoms with E-state index in [9.17, 15) is 4.79 Å². The van der Waals surface area contributed by atoms with E-state index in [1.54, 1.807) is 0 Å². The fourth-order valence-corrected chi connectivity index (χ4v) is 2.91. The number of hydrogen-bond acceptors (Lipinski definition) is 2. The van der Waals surface area contributed by atoms with Crippen LogP contribution in [-0.2, 0) is 9.53 Å². The monoisotopic (exact) mass is 228 g/mol. The van der Waals surface area contributed by atoms with E-state index in [0.29, 0.717) is 13.0 Å². The van der Waals surface area contributed by atoms with Crippen molar-refractivity contribution in [1.29, 1.82) is 0 Å². The van der Waals surface area contributed by atoms with Gasteiger partial charge in [0.15, 0.2) is 0 Å². The maximum atomic E-state index is 11.0. The summed E-state index contributed by atoms with van der Waals surface area (Å²) in [7, 11) is 0. The molecule has 0 bridgehead atoms. The Hall–Kier alpha value is -0.570. The molecule has 0 spiro atoms. The second-order valence-corrected chi connectivity index (χ2v) is 5.71. The van der Waals surface area contributed by atoms with Crippen molar-refractivity contribution in [3.8, 4) is 0 Å². The fraction of sp³-hybridized carbons (Fsp3) is 0.923. The Balaban J connectivity index is 2.72. The summed E-state index contributed by atoms with van der Waals surface area (Å²) in [4.78, 5) is 11.0. The van der Waals surface area contributed by atoms with Crippen LogP contribution in [0.1, 0.15) is 59.3 Å².